The molecule has 0 saturated heterocycles. The van der Waals surface area contributed by atoms with Gasteiger partial charge in [0.2, 0.25) is 0 Å². The van der Waals surface area contributed by atoms with E-state index in [-0.39, 0.29) is 22.9 Å². The fraction of sp³-hybridized carbons (Fsp3) is 0.517. The molecule has 0 amide bonds. The first-order valence-corrected chi connectivity index (χ1v) is 12.5. The molecule has 33 heavy (non-hydrogen) atoms. The number of fused-ring (bicyclic) bond motifs is 5. The zero-order chi connectivity index (χ0) is 23.0. The van der Waals surface area contributed by atoms with Gasteiger partial charge in [-0.15, -0.1) is 0 Å². The van der Waals surface area contributed by atoms with Gasteiger partial charge in [-0.05, 0) is 78.7 Å². The van der Waals surface area contributed by atoms with Crippen molar-refractivity contribution in [1.29, 1.82) is 0 Å². The molecule has 2 N–H and O–H groups in total. The highest BCUT2D eigenvalue weighted by Crippen LogP contribution is 2.67. The Morgan fingerprint density at radius 1 is 1.09 bits per heavy atom. The molecule has 1 saturated carbocycles. The minimum absolute atomic E-state index is 0.125. The summed E-state index contributed by atoms with van der Waals surface area (Å²) in [5.74, 6) is 0.618. The molecule has 0 bridgehead atoms. The Kier molecular flexibility index (Phi) is 4.57. The molecular weight excluding hydrogens is 408 g/mol. The van der Waals surface area contributed by atoms with E-state index in [1.165, 1.54) is 16.7 Å². The number of aromatic nitrogens is 2. The molecule has 4 heteroatoms. The van der Waals surface area contributed by atoms with Crippen molar-refractivity contribution in [3.63, 3.8) is 0 Å². The summed E-state index contributed by atoms with van der Waals surface area (Å²) >= 11 is 0. The first kappa shape index (κ1) is 21.2. The van der Waals surface area contributed by atoms with Crippen LogP contribution in [0.15, 0.2) is 60.1 Å². The molecule has 4 nitrogen and oxygen atoms in total. The second-order valence-corrected chi connectivity index (χ2v) is 11.5. The summed E-state index contributed by atoms with van der Waals surface area (Å²) in [6, 6.07) is 6.47. The maximum absolute atomic E-state index is 12.4. The molecular formula is C29H34N2O2. The third-order valence-electron chi connectivity index (χ3n) is 9.62. The smallest absolute Gasteiger partial charge is 0.116 e. The van der Waals surface area contributed by atoms with Crippen molar-refractivity contribution in [2.45, 2.75) is 71.0 Å². The monoisotopic (exact) mass is 442 g/mol. The van der Waals surface area contributed by atoms with Crippen molar-refractivity contribution in [2.24, 2.45) is 22.7 Å². The molecule has 4 unspecified atom stereocenters. The van der Waals surface area contributed by atoms with Gasteiger partial charge in [-0.2, -0.15) is 0 Å². The predicted octanol–water partition coefficient (Wildman–Crippen LogP) is 5.62. The van der Waals surface area contributed by atoms with E-state index in [4.69, 9.17) is 0 Å². The molecule has 1 aromatic carbocycles. The molecule has 4 aliphatic rings. The molecule has 1 heterocycles. The van der Waals surface area contributed by atoms with E-state index in [0.717, 1.165) is 55.0 Å². The number of aliphatic hydroxyl groups excluding tert-OH is 1. The summed E-state index contributed by atoms with van der Waals surface area (Å²) in [5.41, 5.74) is 4.77. The van der Waals surface area contributed by atoms with Crippen molar-refractivity contribution in [2.75, 3.05) is 0 Å². The fourth-order valence-electron chi connectivity index (χ4n) is 7.48. The lowest BCUT2D eigenvalue weighted by atomic mass is 9.49. The molecule has 0 aliphatic heterocycles. The molecule has 1 aromatic heterocycles. The van der Waals surface area contributed by atoms with Crippen LogP contribution in [0.4, 0.5) is 0 Å². The van der Waals surface area contributed by atoms with Gasteiger partial charge in [-0.25, -0.2) is 9.97 Å². The minimum atomic E-state index is -0.836. The SMILES string of the molecule is CC1(C)C=C2C=C3CC(O)CCC3CC[C@]2(O)C2CC=C(c3ccc4ncncc4c3)C21C. The van der Waals surface area contributed by atoms with Crippen molar-refractivity contribution < 1.29 is 10.2 Å². The van der Waals surface area contributed by atoms with Gasteiger partial charge in [0.1, 0.15) is 6.33 Å². The lowest BCUT2D eigenvalue weighted by Crippen LogP contribution is -2.55. The first-order chi connectivity index (χ1) is 15.7. The molecule has 4 aliphatic carbocycles. The van der Waals surface area contributed by atoms with Crippen LogP contribution in [0, 0.1) is 22.7 Å². The second-order valence-electron chi connectivity index (χ2n) is 11.5. The standard InChI is InChI=1S/C29H34N2O2/c1-27(2)15-22-13-20-14-23(32)6-4-18(20)10-11-29(22,33)26-9-7-24(28(26,27)3)19-5-8-25-21(12-19)16-30-17-31-25/h5,7-8,12-13,15-18,23,26,32-33H,4,6,9-11,14H2,1-3H3/t18?,23?,26?,28?,29-/m1/s1. The van der Waals surface area contributed by atoms with Gasteiger partial charge in [0.05, 0.1) is 17.2 Å². The highest BCUT2D eigenvalue weighted by Gasteiger charge is 2.62. The summed E-state index contributed by atoms with van der Waals surface area (Å²) in [7, 11) is 0. The van der Waals surface area contributed by atoms with E-state index in [1.807, 2.05) is 6.20 Å². The van der Waals surface area contributed by atoms with Crippen LogP contribution in [0.2, 0.25) is 0 Å². The highest BCUT2D eigenvalue weighted by molar-refractivity contribution is 5.85. The van der Waals surface area contributed by atoms with Crippen LogP contribution in [-0.4, -0.2) is 31.9 Å². The number of allylic oxidation sites excluding steroid dienone is 3. The number of hydrogen-bond acceptors (Lipinski definition) is 4. The average Bonchev–Trinajstić information content (AvgIpc) is 3.10. The van der Waals surface area contributed by atoms with E-state index < -0.39 is 5.60 Å². The summed E-state index contributed by atoms with van der Waals surface area (Å²) in [6.07, 6.45) is 15.6. The van der Waals surface area contributed by atoms with E-state index in [0.29, 0.717) is 5.92 Å². The largest absolute Gasteiger partial charge is 0.393 e. The average molecular weight is 443 g/mol. The number of aliphatic hydroxyl groups is 2. The molecule has 6 rings (SSSR count). The number of rotatable bonds is 1. The molecule has 5 atom stereocenters. The maximum Gasteiger partial charge on any atom is 0.116 e. The molecule has 0 radical (unpaired) electrons. The topological polar surface area (TPSA) is 66.2 Å². The third kappa shape index (κ3) is 2.96. The van der Waals surface area contributed by atoms with Gasteiger partial charge >= 0.3 is 0 Å². The molecule has 1 fully saturated rings. The van der Waals surface area contributed by atoms with Crippen LogP contribution in [0.1, 0.15) is 64.9 Å². The zero-order valence-corrected chi connectivity index (χ0v) is 19.9. The van der Waals surface area contributed by atoms with Crippen molar-refractivity contribution in [1.82, 2.24) is 9.97 Å². The number of benzene rings is 1. The van der Waals surface area contributed by atoms with E-state index >= 15 is 0 Å². The maximum atomic E-state index is 12.4. The first-order valence-electron chi connectivity index (χ1n) is 12.5. The molecule has 2 aromatic rings. The van der Waals surface area contributed by atoms with Gasteiger partial charge in [0.15, 0.2) is 0 Å². The summed E-state index contributed by atoms with van der Waals surface area (Å²) in [6.45, 7) is 7.02. The number of hydrogen-bond donors (Lipinski definition) is 2. The van der Waals surface area contributed by atoms with Crippen molar-refractivity contribution in [3.8, 4) is 0 Å². The lowest BCUT2D eigenvalue weighted by Gasteiger charge is -2.56. The minimum Gasteiger partial charge on any atom is -0.393 e. The van der Waals surface area contributed by atoms with Crippen molar-refractivity contribution >= 4 is 16.5 Å². The van der Waals surface area contributed by atoms with Crippen molar-refractivity contribution in [3.05, 3.63) is 65.7 Å². The lowest BCUT2D eigenvalue weighted by molar-refractivity contribution is -0.0651. The van der Waals surface area contributed by atoms with Gasteiger partial charge in [0.25, 0.3) is 0 Å². The molecule has 172 valence electrons. The van der Waals surface area contributed by atoms with Crippen LogP contribution in [0.25, 0.3) is 16.5 Å². The highest BCUT2D eigenvalue weighted by atomic mass is 16.3. The Morgan fingerprint density at radius 3 is 2.79 bits per heavy atom. The fourth-order valence-corrected chi connectivity index (χ4v) is 7.48. The van der Waals surface area contributed by atoms with Gasteiger partial charge < -0.3 is 10.2 Å². The van der Waals surface area contributed by atoms with Gasteiger partial charge in [-0.1, -0.05) is 50.6 Å². The Morgan fingerprint density at radius 2 is 1.94 bits per heavy atom. The van der Waals surface area contributed by atoms with Crippen LogP contribution in [0.3, 0.4) is 0 Å². The van der Waals surface area contributed by atoms with Crippen LogP contribution < -0.4 is 0 Å². The normalized spacial score (nSPS) is 37.2. The van der Waals surface area contributed by atoms with Crippen LogP contribution in [-0.2, 0) is 0 Å². The Balaban J connectivity index is 1.46. The van der Waals surface area contributed by atoms with Gasteiger partial charge in [0, 0.05) is 22.9 Å². The second kappa shape index (κ2) is 7.10. The Hall–Kier alpha value is -2.30. The van der Waals surface area contributed by atoms with Crippen LogP contribution in [0.5, 0.6) is 0 Å². The molecule has 0 spiro atoms. The Bertz CT molecular complexity index is 1230. The van der Waals surface area contributed by atoms with Gasteiger partial charge in [-0.3, -0.25) is 0 Å². The van der Waals surface area contributed by atoms with E-state index in [1.54, 1.807) is 6.33 Å². The summed E-state index contributed by atoms with van der Waals surface area (Å²) in [4.78, 5) is 8.61. The zero-order valence-electron chi connectivity index (χ0n) is 19.9. The quantitative estimate of drug-likeness (QED) is 0.602. The number of nitrogens with zero attached hydrogens (tertiary/aromatic N) is 2. The predicted molar refractivity (Wildman–Crippen MR) is 131 cm³/mol. The van der Waals surface area contributed by atoms with E-state index in [9.17, 15) is 10.2 Å². The Labute approximate surface area is 196 Å². The van der Waals surface area contributed by atoms with E-state index in [2.05, 4.69) is 67.2 Å². The van der Waals surface area contributed by atoms with Crippen LogP contribution >= 0.6 is 0 Å². The summed E-state index contributed by atoms with van der Waals surface area (Å²) < 4.78 is 0. The summed E-state index contributed by atoms with van der Waals surface area (Å²) in [5, 5.41) is 23.7. The third-order valence-corrected chi connectivity index (χ3v) is 9.62.